The van der Waals surface area contributed by atoms with Gasteiger partial charge in [-0.25, -0.2) is 0 Å². The van der Waals surface area contributed by atoms with Crippen molar-refractivity contribution in [3.05, 3.63) is 21.6 Å². The van der Waals surface area contributed by atoms with Gasteiger partial charge in [-0.2, -0.15) is 0 Å². The third-order valence-corrected chi connectivity index (χ3v) is 2.80. The van der Waals surface area contributed by atoms with Crippen LogP contribution < -0.4 is 0 Å². The summed E-state index contributed by atoms with van der Waals surface area (Å²) in [6.07, 6.45) is 1.57. The molecule has 0 bridgehead atoms. The molecule has 1 saturated carbocycles. The van der Waals surface area contributed by atoms with Gasteiger partial charge in [0.25, 0.3) is 0 Å². The lowest BCUT2D eigenvalue weighted by molar-refractivity contribution is 0.236. The topological polar surface area (TPSA) is 89.2 Å². The summed E-state index contributed by atoms with van der Waals surface area (Å²) in [4.78, 5) is 2.76. The van der Waals surface area contributed by atoms with Crippen molar-refractivity contribution in [3.8, 4) is 0 Å². The fourth-order valence-corrected chi connectivity index (χ4v) is 1.99. The second kappa shape index (κ2) is 5.00. The van der Waals surface area contributed by atoms with Gasteiger partial charge in [-0.05, 0) is 30.9 Å². The van der Waals surface area contributed by atoms with Crippen LogP contribution in [-0.4, -0.2) is 29.5 Å². The van der Waals surface area contributed by atoms with Crippen LogP contribution in [0.4, 0.5) is 0 Å². The molecule has 1 aliphatic carbocycles. The summed E-state index contributed by atoms with van der Waals surface area (Å²) in [6, 6.07) is -0.151. The zero-order chi connectivity index (χ0) is 10.6. The number of nitrogens with zero attached hydrogens (tertiary/aromatic N) is 3. The van der Waals surface area contributed by atoms with Crippen LogP contribution in [0.2, 0.25) is 0 Å². The predicted octanol–water partition coefficient (Wildman–Crippen LogP) is 1.38. The van der Waals surface area contributed by atoms with Gasteiger partial charge in [0.1, 0.15) is 0 Å². The van der Waals surface area contributed by atoms with E-state index in [0.717, 1.165) is 24.0 Å². The monoisotopic (exact) mass is 197 g/mol. The predicted molar refractivity (Wildman–Crippen MR) is 52.5 cm³/mol. The van der Waals surface area contributed by atoms with Crippen molar-refractivity contribution in [2.75, 3.05) is 13.2 Å². The zero-order valence-electron chi connectivity index (χ0n) is 8.22. The first-order chi connectivity index (χ1) is 6.74. The van der Waals surface area contributed by atoms with Crippen LogP contribution in [0.15, 0.2) is 16.3 Å². The van der Waals surface area contributed by atoms with Gasteiger partial charge in [-0.15, -0.1) is 0 Å². The fourth-order valence-electron chi connectivity index (χ4n) is 1.99. The normalized spacial score (nSPS) is 29.9. The molecule has 5 nitrogen and oxygen atoms in total. The van der Waals surface area contributed by atoms with E-state index in [1.54, 1.807) is 0 Å². The highest BCUT2D eigenvalue weighted by Crippen LogP contribution is 2.35. The van der Waals surface area contributed by atoms with Crippen molar-refractivity contribution in [2.45, 2.75) is 25.8 Å². The van der Waals surface area contributed by atoms with Crippen LogP contribution >= 0.6 is 0 Å². The average molecular weight is 197 g/mol. The first-order valence-electron chi connectivity index (χ1n) is 4.69. The number of hydrogen-bond donors (Lipinski definition) is 2. The second-order valence-corrected chi connectivity index (χ2v) is 3.56. The van der Waals surface area contributed by atoms with Crippen LogP contribution in [0.1, 0.15) is 19.8 Å². The van der Waals surface area contributed by atoms with Crippen molar-refractivity contribution in [3.63, 3.8) is 0 Å². The van der Waals surface area contributed by atoms with E-state index < -0.39 is 0 Å². The Labute approximate surface area is 82.7 Å². The molecule has 1 aliphatic rings. The van der Waals surface area contributed by atoms with Crippen LogP contribution in [-0.2, 0) is 0 Å². The van der Waals surface area contributed by atoms with Gasteiger partial charge in [0.05, 0.1) is 13.2 Å². The summed E-state index contributed by atoms with van der Waals surface area (Å²) < 4.78 is 0. The smallest absolute Gasteiger partial charge is 0.0641 e. The SMILES string of the molecule is C/C(CO)=C1\CC[C@@H](N=[N+]=[N-])[C@H]1CO. The summed E-state index contributed by atoms with van der Waals surface area (Å²) in [5.74, 6) is -0.0990. The van der Waals surface area contributed by atoms with Crippen molar-refractivity contribution in [2.24, 2.45) is 11.0 Å². The zero-order valence-corrected chi connectivity index (χ0v) is 8.22. The largest absolute Gasteiger partial charge is 0.396 e. The molecule has 2 atom stereocenters. The molecule has 0 aliphatic heterocycles. The number of rotatable bonds is 3. The van der Waals surface area contributed by atoms with Gasteiger partial charge in [-0.1, -0.05) is 10.7 Å². The van der Waals surface area contributed by atoms with Gasteiger partial charge in [0.2, 0.25) is 0 Å². The molecule has 0 radical (unpaired) electrons. The van der Waals surface area contributed by atoms with Crippen LogP contribution in [0.5, 0.6) is 0 Å². The number of aliphatic hydroxyl groups excluding tert-OH is 2. The highest BCUT2D eigenvalue weighted by atomic mass is 16.3. The molecular formula is C9H15N3O2. The van der Waals surface area contributed by atoms with Gasteiger partial charge in [0, 0.05) is 16.9 Å². The Hall–Kier alpha value is -1.03. The van der Waals surface area contributed by atoms with Crippen molar-refractivity contribution < 1.29 is 10.2 Å². The molecule has 78 valence electrons. The van der Waals surface area contributed by atoms with Crippen LogP contribution in [0.3, 0.4) is 0 Å². The molecule has 0 saturated heterocycles. The van der Waals surface area contributed by atoms with Gasteiger partial charge < -0.3 is 10.2 Å². The Bertz CT molecular complexity index is 282. The molecule has 1 fully saturated rings. The Morgan fingerprint density at radius 2 is 2.36 bits per heavy atom. The lowest BCUT2D eigenvalue weighted by Crippen LogP contribution is -2.17. The lowest BCUT2D eigenvalue weighted by atomic mass is 9.97. The standard InChI is InChI=1S/C9H15N3O2/c1-6(4-13)7-2-3-9(11-12-10)8(7)5-14/h8-9,13-14H,2-5H2,1H3/b7-6-/t8-,9+/m0/s1. The van der Waals surface area contributed by atoms with Crippen molar-refractivity contribution in [1.29, 1.82) is 0 Å². The van der Waals surface area contributed by atoms with Gasteiger partial charge >= 0.3 is 0 Å². The Balaban J connectivity index is 2.88. The molecule has 0 amide bonds. The third kappa shape index (κ3) is 2.07. The van der Waals surface area contributed by atoms with E-state index in [4.69, 9.17) is 10.6 Å². The first kappa shape index (κ1) is 11.0. The first-order valence-corrected chi connectivity index (χ1v) is 4.69. The van der Waals surface area contributed by atoms with E-state index in [2.05, 4.69) is 10.0 Å². The highest BCUT2D eigenvalue weighted by Gasteiger charge is 2.31. The van der Waals surface area contributed by atoms with E-state index in [1.165, 1.54) is 0 Å². The molecule has 0 aromatic heterocycles. The lowest BCUT2D eigenvalue weighted by Gasteiger charge is -2.15. The summed E-state index contributed by atoms with van der Waals surface area (Å²) in [6.45, 7) is 1.83. The summed E-state index contributed by atoms with van der Waals surface area (Å²) in [5, 5.41) is 21.8. The maximum atomic E-state index is 9.18. The molecule has 0 aromatic carbocycles. The van der Waals surface area contributed by atoms with E-state index in [0.29, 0.717) is 0 Å². The number of azide groups is 1. The van der Waals surface area contributed by atoms with Gasteiger partial charge in [0.15, 0.2) is 0 Å². The minimum atomic E-state index is -0.151. The molecule has 0 unspecified atom stereocenters. The van der Waals surface area contributed by atoms with Gasteiger partial charge in [-0.3, -0.25) is 0 Å². The molecule has 0 heterocycles. The minimum absolute atomic E-state index is 0.00875. The molecule has 0 spiro atoms. The van der Waals surface area contributed by atoms with E-state index >= 15 is 0 Å². The van der Waals surface area contributed by atoms with Crippen molar-refractivity contribution in [1.82, 2.24) is 0 Å². The molecule has 0 aromatic rings. The van der Waals surface area contributed by atoms with E-state index in [9.17, 15) is 5.11 Å². The van der Waals surface area contributed by atoms with E-state index in [-0.39, 0.29) is 25.2 Å². The van der Waals surface area contributed by atoms with E-state index in [1.807, 2.05) is 6.92 Å². The maximum Gasteiger partial charge on any atom is 0.0641 e. The summed E-state index contributed by atoms with van der Waals surface area (Å²) >= 11 is 0. The maximum absolute atomic E-state index is 9.18. The minimum Gasteiger partial charge on any atom is -0.396 e. The quantitative estimate of drug-likeness (QED) is 0.310. The van der Waals surface area contributed by atoms with Crippen LogP contribution in [0.25, 0.3) is 10.4 Å². The summed E-state index contributed by atoms with van der Waals surface area (Å²) in [7, 11) is 0. The molecule has 5 heteroatoms. The highest BCUT2D eigenvalue weighted by molar-refractivity contribution is 5.22. The Morgan fingerprint density at radius 1 is 1.64 bits per heavy atom. The third-order valence-electron chi connectivity index (χ3n) is 2.80. The summed E-state index contributed by atoms with van der Waals surface area (Å²) in [5.41, 5.74) is 10.3. The number of hydrogen-bond acceptors (Lipinski definition) is 3. The fraction of sp³-hybridized carbons (Fsp3) is 0.778. The molecule has 1 rings (SSSR count). The molecule has 14 heavy (non-hydrogen) atoms. The Morgan fingerprint density at radius 3 is 2.86 bits per heavy atom. The van der Waals surface area contributed by atoms with Crippen LogP contribution in [0, 0.1) is 5.92 Å². The average Bonchev–Trinajstić information content (AvgIpc) is 2.60. The molecular weight excluding hydrogens is 182 g/mol. The Kier molecular flexibility index (Phi) is 3.95. The molecule has 2 N–H and O–H groups in total. The van der Waals surface area contributed by atoms with Crippen molar-refractivity contribution >= 4 is 0 Å². The number of aliphatic hydroxyl groups is 2. The second-order valence-electron chi connectivity index (χ2n) is 3.56.